The van der Waals surface area contributed by atoms with Crippen LogP contribution in [0.1, 0.15) is 27.8 Å². The van der Waals surface area contributed by atoms with E-state index in [4.69, 9.17) is 9.47 Å². The van der Waals surface area contributed by atoms with E-state index in [0.717, 1.165) is 84.7 Å². The van der Waals surface area contributed by atoms with Crippen molar-refractivity contribution in [2.45, 2.75) is 27.2 Å². The van der Waals surface area contributed by atoms with Crippen molar-refractivity contribution in [3.8, 4) is 56.6 Å². The zero-order valence-corrected chi connectivity index (χ0v) is 46.6. The first-order valence-corrected chi connectivity index (χ1v) is 29.3. The normalized spacial score (nSPS) is 13.3. The smallest absolute Gasteiger partial charge is 0.332 e. The number of benzene rings is 12. The van der Waals surface area contributed by atoms with Crippen LogP contribution < -0.4 is 40.9 Å². The van der Waals surface area contributed by atoms with Gasteiger partial charge in [-0.2, -0.15) is 0 Å². The number of hydrogen-bond acceptors (Lipinski definition) is 4. The highest BCUT2D eigenvalue weighted by Crippen LogP contribution is 2.57. The van der Waals surface area contributed by atoms with Crippen molar-refractivity contribution in [2.24, 2.45) is 0 Å². The van der Waals surface area contributed by atoms with E-state index in [2.05, 4.69) is 288 Å². The molecule has 8 heteroatoms. The van der Waals surface area contributed by atoms with E-state index in [-0.39, 0.29) is 13.7 Å². The number of aryl methyl sites for hydroxylation is 3. The van der Waals surface area contributed by atoms with Crippen molar-refractivity contribution in [2.75, 3.05) is 9.62 Å². The van der Waals surface area contributed by atoms with Crippen LogP contribution in [0.4, 0.5) is 22.7 Å². The minimum atomic E-state index is -0.230. The predicted octanol–water partition coefficient (Wildman–Crippen LogP) is 16.5. The molecule has 0 atom stereocenters. The van der Waals surface area contributed by atoms with Gasteiger partial charge in [0.05, 0.1) is 44.8 Å². The van der Waals surface area contributed by atoms with Crippen LogP contribution in [0, 0.1) is 20.8 Å². The second-order valence-electron chi connectivity index (χ2n) is 23.3. The van der Waals surface area contributed by atoms with Crippen molar-refractivity contribution in [1.82, 2.24) is 9.13 Å². The van der Waals surface area contributed by atoms with E-state index in [9.17, 15) is 0 Å². The molecular formula is C76H52B2N4O2. The zero-order valence-electron chi connectivity index (χ0n) is 46.6. The van der Waals surface area contributed by atoms with Crippen molar-refractivity contribution < 1.29 is 9.47 Å². The Morgan fingerprint density at radius 1 is 0.333 bits per heavy atom. The Morgan fingerprint density at radius 3 is 1.39 bits per heavy atom. The van der Waals surface area contributed by atoms with E-state index >= 15 is 0 Å². The van der Waals surface area contributed by atoms with Crippen LogP contribution in [-0.2, 0) is 6.42 Å². The van der Waals surface area contributed by atoms with Crippen molar-refractivity contribution in [1.29, 1.82) is 0 Å². The van der Waals surface area contributed by atoms with E-state index in [1.54, 1.807) is 0 Å². The lowest BCUT2D eigenvalue weighted by atomic mass is 9.46. The fourth-order valence-corrected chi connectivity index (χ4v) is 15.2. The summed E-state index contributed by atoms with van der Waals surface area (Å²) in [7, 11) is 0. The molecule has 394 valence electrons. The molecule has 12 aromatic carbocycles. The van der Waals surface area contributed by atoms with E-state index < -0.39 is 0 Å². The molecular weight excluding hydrogens is 1020 g/mol. The molecule has 0 N–H and O–H groups in total. The fraction of sp³-hybridized carbons (Fsp3) is 0.0526. The lowest BCUT2D eigenvalue weighted by molar-refractivity contribution is 0.476. The summed E-state index contributed by atoms with van der Waals surface area (Å²) in [5.74, 6) is 3.36. The summed E-state index contributed by atoms with van der Waals surface area (Å²) in [4.78, 5) is 5.24. The van der Waals surface area contributed by atoms with Gasteiger partial charge in [0.2, 0.25) is 0 Å². The quantitative estimate of drug-likeness (QED) is 0.155. The standard InChI is InChI=1S/C76H52B2N4O2/c1-46-39-47(2)71-68(40-46)84-69-44-49(41-48(3)72(69)81(71)77-59-30-12-16-36-65(59)79-63-34-14-10-25-54(63)56-28-18-32-61(77)73(56)79)42-50-43-58(52-23-8-5-9-24-52)76-70(45-50)83-67-38-20-27-53(51-21-6-4-7-22-51)75(67)82(76)78-60-31-13-17-37-66(60)80-64-35-15-11-26-55(64)57-29-19-33-62(78)74(57)80/h4-41,43-45H,42H2,1-3H3. The molecule has 4 aliphatic rings. The van der Waals surface area contributed by atoms with Crippen LogP contribution in [0.2, 0.25) is 0 Å². The number of ether oxygens (including phenoxy) is 2. The van der Waals surface area contributed by atoms with Gasteiger partial charge in [0.15, 0.2) is 23.0 Å². The largest absolute Gasteiger partial charge is 0.453 e. The summed E-state index contributed by atoms with van der Waals surface area (Å²) in [6.07, 6.45) is 0.641. The van der Waals surface area contributed by atoms with Crippen LogP contribution in [0.15, 0.2) is 249 Å². The molecule has 6 heterocycles. The second-order valence-corrected chi connectivity index (χ2v) is 23.3. The van der Waals surface area contributed by atoms with Crippen molar-refractivity contribution in [3.63, 3.8) is 0 Å². The van der Waals surface area contributed by atoms with Gasteiger partial charge in [-0.05, 0) is 143 Å². The van der Waals surface area contributed by atoms with Gasteiger partial charge in [-0.25, -0.2) is 0 Å². The summed E-state index contributed by atoms with van der Waals surface area (Å²) in [6.45, 7) is 6.31. The fourth-order valence-electron chi connectivity index (χ4n) is 15.2. The van der Waals surface area contributed by atoms with Crippen molar-refractivity contribution >= 4 is 102 Å². The number of anilines is 4. The van der Waals surface area contributed by atoms with Crippen LogP contribution in [-0.4, -0.2) is 22.8 Å². The maximum absolute atomic E-state index is 7.45. The number of para-hydroxylation sites is 7. The molecule has 0 spiro atoms. The summed E-state index contributed by atoms with van der Waals surface area (Å²) in [6, 6.07) is 91.7. The molecule has 0 fully saturated rings. The molecule has 0 unspecified atom stereocenters. The number of nitrogens with zero attached hydrogens (tertiary/aromatic N) is 4. The topological polar surface area (TPSA) is 34.8 Å². The minimum Gasteiger partial charge on any atom is -0.453 e. The molecule has 0 saturated heterocycles. The lowest BCUT2D eigenvalue weighted by Gasteiger charge is -2.42. The van der Waals surface area contributed by atoms with E-state index in [1.807, 2.05) is 0 Å². The Morgan fingerprint density at radius 2 is 0.774 bits per heavy atom. The summed E-state index contributed by atoms with van der Waals surface area (Å²) >= 11 is 0. The van der Waals surface area contributed by atoms with Gasteiger partial charge in [0.25, 0.3) is 0 Å². The highest BCUT2D eigenvalue weighted by molar-refractivity contribution is 6.93. The van der Waals surface area contributed by atoms with Gasteiger partial charge < -0.3 is 28.2 Å². The van der Waals surface area contributed by atoms with Gasteiger partial charge in [0.1, 0.15) is 0 Å². The Labute approximate surface area is 487 Å². The molecule has 0 saturated carbocycles. The van der Waals surface area contributed by atoms with Crippen molar-refractivity contribution in [3.05, 3.63) is 277 Å². The first-order valence-electron chi connectivity index (χ1n) is 29.3. The maximum atomic E-state index is 7.45. The third-order valence-electron chi connectivity index (χ3n) is 18.4. The molecule has 14 aromatic rings. The zero-order chi connectivity index (χ0) is 55.5. The first-order chi connectivity index (χ1) is 41.4. The average molecular weight is 1070 g/mol. The highest BCUT2D eigenvalue weighted by Gasteiger charge is 2.45. The van der Waals surface area contributed by atoms with Crippen LogP contribution in [0.25, 0.3) is 77.2 Å². The molecule has 0 amide bonds. The van der Waals surface area contributed by atoms with E-state index in [0.29, 0.717) is 6.42 Å². The average Bonchev–Trinajstić information content (AvgIpc) is 1.64. The third-order valence-corrected chi connectivity index (χ3v) is 18.4. The number of fused-ring (bicyclic) bond motifs is 14. The number of aromatic nitrogens is 2. The lowest BCUT2D eigenvalue weighted by Crippen LogP contribution is -2.59. The molecule has 4 aliphatic heterocycles. The Bertz CT molecular complexity index is 5140. The summed E-state index contributed by atoms with van der Waals surface area (Å²) < 4.78 is 19.7. The molecule has 0 bridgehead atoms. The third kappa shape index (κ3) is 6.65. The van der Waals surface area contributed by atoms with Crippen LogP contribution >= 0.6 is 0 Å². The SMILES string of the molecule is Cc1cc(C)c2c(c1)Oc1cc(Cc3cc4c(c(-c5ccccc5)c3)N(B3c5ccccc5-n5c6ccccc6c6cccc3c65)c3c(cccc3-c3ccccc3)O4)cc(C)c1N2B1c2ccccc2-n2c3ccccc3c3cccc1c32. The number of rotatable bonds is 6. The van der Waals surface area contributed by atoms with Gasteiger partial charge in [0, 0.05) is 44.0 Å². The molecule has 2 aromatic heterocycles. The van der Waals surface area contributed by atoms with Gasteiger partial charge in [-0.1, -0.05) is 194 Å². The molecule has 84 heavy (non-hydrogen) atoms. The monoisotopic (exact) mass is 1070 g/mol. The number of hydrogen-bond donors (Lipinski definition) is 0. The molecule has 6 nitrogen and oxygen atoms in total. The molecule has 0 radical (unpaired) electrons. The van der Waals surface area contributed by atoms with Crippen LogP contribution in [0.3, 0.4) is 0 Å². The summed E-state index contributed by atoms with van der Waals surface area (Å²) in [5, 5.41) is 5.02. The van der Waals surface area contributed by atoms with Gasteiger partial charge in [-0.3, -0.25) is 0 Å². The minimum absolute atomic E-state index is 0.139. The Kier molecular flexibility index (Phi) is 10.0. The predicted molar refractivity (Wildman–Crippen MR) is 350 cm³/mol. The Balaban J connectivity index is 0.835. The molecule has 18 rings (SSSR count). The molecule has 0 aliphatic carbocycles. The van der Waals surface area contributed by atoms with Crippen LogP contribution in [0.5, 0.6) is 23.0 Å². The van der Waals surface area contributed by atoms with Gasteiger partial charge >= 0.3 is 13.7 Å². The first kappa shape index (κ1) is 47.2. The van der Waals surface area contributed by atoms with Gasteiger partial charge in [-0.15, -0.1) is 0 Å². The summed E-state index contributed by atoms with van der Waals surface area (Å²) in [5.41, 5.74) is 26.8. The Hall–Kier alpha value is -10.4. The maximum Gasteiger partial charge on any atom is 0.332 e. The highest BCUT2D eigenvalue weighted by atomic mass is 16.5. The van der Waals surface area contributed by atoms with E-state index in [1.165, 1.54) is 88.0 Å². The second kappa shape index (κ2) is 17.8.